The van der Waals surface area contributed by atoms with Gasteiger partial charge in [-0.1, -0.05) is 12.1 Å². The summed E-state index contributed by atoms with van der Waals surface area (Å²) in [6.45, 7) is -0.0439. The first-order valence-corrected chi connectivity index (χ1v) is 8.35. The number of anilines is 1. The number of ether oxygens (including phenoxy) is 1. The Bertz CT molecular complexity index is 974. The molecule has 10 heteroatoms. The van der Waals surface area contributed by atoms with E-state index in [0.717, 1.165) is 4.57 Å². The standard InChI is InChI=1S/C14H18N4O5S/c1-17-12(15)11(13(19)18(2)14(17)20)24(21,22)16-8-9-4-6-10(23-3)7-5-9/h4-7,16H,8,15H2,1-3H3. The predicted molar refractivity (Wildman–Crippen MR) is 88.4 cm³/mol. The van der Waals surface area contributed by atoms with Crippen LogP contribution in [0.4, 0.5) is 5.82 Å². The largest absolute Gasteiger partial charge is 0.497 e. The van der Waals surface area contributed by atoms with Crippen molar-refractivity contribution in [1.29, 1.82) is 0 Å². The van der Waals surface area contributed by atoms with Crippen molar-refractivity contribution in [1.82, 2.24) is 13.9 Å². The molecule has 24 heavy (non-hydrogen) atoms. The van der Waals surface area contributed by atoms with E-state index in [9.17, 15) is 18.0 Å². The van der Waals surface area contributed by atoms with E-state index in [1.165, 1.54) is 21.2 Å². The number of rotatable bonds is 5. The Morgan fingerprint density at radius 2 is 1.71 bits per heavy atom. The molecule has 3 N–H and O–H groups in total. The van der Waals surface area contributed by atoms with Crippen molar-refractivity contribution in [2.45, 2.75) is 11.4 Å². The summed E-state index contributed by atoms with van der Waals surface area (Å²) in [5, 5.41) is 0. The normalized spacial score (nSPS) is 11.5. The summed E-state index contributed by atoms with van der Waals surface area (Å²) < 4.78 is 33.8. The topological polar surface area (TPSA) is 125 Å². The molecule has 0 atom stereocenters. The van der Waals surface area contributed by atoms with Gasteiger partial charge in [-0.2, -0.15) is 0 Å². The van der Waals surface area contributed by atoms with Gasteiger partial charge in [0.05, 0.1) is 7.11 Å². The van der Waals surface area contributed by atoms with Gasteiger partial charge >= 0.3 is 5.69 Å². The average Bonchev–Trinajstić information content (AvgIpc) is 2.57. The van der Waals surface area contributed by atoms with Gasteiger partial charge in [0.25, 0.3) is 5.56 Å². The molecule has 0 aliphatic rings. The molecule has 0 aliphatic heterocycles. The van der Waals surface area contributed by atoms with Crippen LogP contribution < -0.4 is 26.4 Å². The van der Waals surface area contributed by atoms with Gasteiger partial charge in [-0.25, -0.2) is 17.9 Å². The fourth-order valence-corrected chi connectivity index (χ4v) is 3.36. The number of nitrogens with two attached hydrogens (primary N) is 1. The Kier molecular flexibility index (Phi) is 4.81. The summed E-state index contributed by atoms with van der Waals surface area (Å²) in [7, 11) is -0.194. The molecule has 2 rings (SSSR count). The number of nitrogens with zero attached hydrogens (tertiary/aromatic N) is 2. The highest BCUT2D eigenvalue weighted by Gasteiger charge is 2.25. The second-order valence-electron chi connectivity index (χ2n) is 5.09. The lowest BCUT2D eigenvalue weighted by Crippen LogP contribution is -2.43. The fraction of sp³-hybridized carbons (Fsp3) is 0.286. The molecular weight excluding hydrogens is 336 g/mol. The zero-order chi connectivity index (χ0) is 18.1. The molecule has 0 radical (unpaired) electrons. The lowest BCUT2D eigenvalue weighted by Gasteiger charge is -2.12. The summed E-state index contributed by atoms with van der Waals surface area (Å²) in [5.41, 5.74) is 4.65. The molecule has 2 aromatic rings. The van der Waals surface area contributed by atoms with Crippen LogP contribution in [0.15, 0.2) is 38.8 Å². The second kappa shape index (κ2) is 6.49. The van der Waals surface area contributed by atoms with Crippen LogP contribution in [0.2, 0.25) is 0 Å². The summed E-state index contributed by atoms with van der Waals surface area (Å²) in [5.74, 6) is 0.225. The van der Waals surface area contributed by atoms with E-state index in [-0.39, 0.29) is 6.54 Å². The zero-order valence-electron chi connectivity index (χ0n) is 13.4. The van der Waals surface area contributed by atoms with Gasteiger partial charge in [-0.3, -0.25) is 13.9 Å². The molecule has 0 saturated heterocycles. The molecule has 0 saturated carbocycles. The maximum absolute atomic E-state index is 12.4. The van der Waals surface area contributed by atoms with Crippen molar-refractivity contribution in [3.05, 3.63) is 50.7 Å². The van der Waals surface area contributed by atoms with Gasteiger partial charge < -0.3 is 10.5 Å². The molecule has 0 bridgehead atoms. The van der Waals surface area contributed by atoms with Crippen molar-refractivity contribution < 1.29 is 13.2 Å². The quantitative estimate of drug-likeness (QED) is 0.721. The lowest BCUT2D eigenvalue weighted by atomic mass is 10.2. The third-order valence-electron chi connectivity index (χ3n) is 3.56. The summed E-state index contributed by atoms with van der Waals surface area (Å²) >= 11 is 0. The van der Waals surface area contributed by atoms with Gasteiger partial charge in [-0.15, -0.1) is 0 Å². The molecule has 0 unspecified atom stereocenters. The number of methoxy groups -OCH3 is 1. The maximum atomic E-state index is 12.4. The summed E-state index contributed by atoms with van der Waals surface area (Å²) in [4.78, 5) is 23.2. The number of nitrogens with one attached hydrogen (secondary N) is 1. The smallest absolute Gasteiger partial charge is 0.332 e. The molecule has 1 aromatic carbocycles. The Balaban J connectivity index is 2.37. The molecule has 0 spiro atoms. The van der Waals surface area contributed by atoms with E-state index in [0.29, 0.717) is 15.9 Å². The monoisotopic (exact) mass is 354 g/mol. The van der Waals surface area contributed by atoms with Crippen LogP contribution in [0.3, 0.4) is 0 Å². The predicted octanol–water partition coefficient (Wildman–Crippen LogP) is -0.847. The van der Waals surface area contributed by atoms with Crippen LogP contribution in [0.25, 0.3) is 0 Å². The van der Waals surface area contributed by atoms with Crippen LogP contribution in [0.1, 0.15) is 5.56 Å². The third kappa shape index (κ3) is 3.19. The van der Waals surface area contributed by atoms with E-state index in [2.05, 4.69) is 4.72 Å². The Hall–Kier alpha value is -2.59. The summed E-state index contributed by atoms with van der Waals surface area (Å²) in [6.07, 6.45) is 0. The number of nitrogen functional groups attached to an aromatic ring is 1. The van der Waals surface area contributed by atoms with E-state index in [1.54, 1.807) is 24.3 Å². The van der Waals surface area contributed by atoms with E-state index in [4.69, 9.17) is 10.5 Å². The molecule has 0 amide bonds. The van der Waals surface area contributed by atoms with Crippen LogP contribution in [-0.2, 0) is 30.7 Å². The van der Waals surface area contributed by atoms with Crippen molar-refractivity contribution in [2.75, 3.05) is 12.8 Å². The molecule has 0 aliphatic carbocycles. The molecule has 1 heterocycles. The number of benzene rings is 1. The highest BCUT2D eigenvalue weighted by molar-refractivity contribution is 7.89. The van der Waals surface area contributed by atoms with E-state index < -0.39 is 32.0 Å². The van der Waals surface area contributed by atoms with Crippen molar-refractivity contribution in [2.24, 2.45) is 14.1 Å². The maximum Gasteiger partial charge on any atom is 0.332 e. The number of hydrogen-bond donors (Lipinski definition) is 2. The molecule has 130 valence electrons. The Morgan fingerprint density at radius 1 is 1.12 bits per heavy atom. The minimum absolute atomic E-state index is 0.0439. The number of aromatic nitrogens is 2. The second-order valence-corrected chi connectivity index (χ2v) is 6.80. The van der Waals surface area contributed by atoms with Gasteiger partial charge in [0.15, 0.2) is 4.90 Å². The SMILES string of the molecule is COc1ccc(CNS(=O)(=O)c2c(N)n(C)c(=O)n(C)c2=O)cc1. The molecule has 1 aromatic heterocycles. The van der Waals surface area contributed by atoms with Gasteiger partial charge in [-0.05, 0) is 17.7 Å². The van der Waals surface area contributed by atoms with Gasteiger partial charge in [0, 0.05) is 20.6 Å². The van der Waals surface area contributed by atoms with Crippen LogP contribution in [0.5, 0.6) is 5.75 Å². The van der Waals surface area contributed by atoms with Crippen molar-refractivity contribution >= 4 is 15.8 Å². The third-order valence-corrected chi connectivity index (χ3v) is 5.01. The van der Waals surface area contributed by atoms with Crippen molar-refractivity contribution in [3.63, 3.8) is 0 Å². The fourth-order valence-electron chi connectivity index (χ4n) is 2.08. The first kappa shape index (κ1) is 17.8. The highest BCUT2D eigenvalue weighted by Crippen LogP contribution is 2.14. The molecule has 9 nitrogen and oxygen atoms in total. The first-order valence-electron chi connectivity index (χ1n) is 6.87. The zero-order valence-corrected chi connectivity index (χ0v) is 14.3. The average molecular weight is 354 g/mol. The number of sulfonamides is 1. The minimum Gasteiger partial charge on any atom is -0.497 e. The van der Waals surface area contributed by atoms with Gasteiger partial charge in [0.2, 0.25) is 10.0 Å². The van der Waals surface area contributed by atoms with E-state index >= 15 is 0 Å². The molecular formula is C14H18N4O5S. The van der Waals surface area contributed by atoms with Crippen LogP contribution >= 0.6 is 0 Å². The first-order chi connectivity index (χ1) is 11.2. The van der Waals surface area contributed by atoms with Crippen molar-refractivity contribution in [3.8, 4) is 5.75 Å². The van der Waals surface area contributed by atoms with E-state index in [1.807, 2.05) is 0 Å². The Morgan fingerprint density at radius 3 is 2.25 bits per heavy atom. The summed E-state index contributed by atoms with van der Waals surface area (Å²) in [6, 6.07) is 6.74. The lowest BCUT2D eigenvalue weighted by molar-refractivity contribution is 0.414. The Labute approximate surface area is 138 Å². The van der Waals surface area contributed by atoms with Gasteiger partial charge in [0.1, 0.15) is 11.6 Å². The van der Waals surface area contributed by atoms with Crippen LogP contribution in [-0.4, -0.2) is 24.7 Å². The highest BCUT2D eigenvalue weighted by atomic mass is 32.2. The molecule has 0 fully saturated rings. The van der Waals surface area contributed by atoms with Crippen LogP contribution in [0, 0.1) is 0 Å². The minimum atomic E-state index is -4.20. The number of hydrogen-bond acceptors (Lipinski definition) is 6.